The Labute approximate surface area is 150 Å². The molecule has 128 valence electrons. The maximum Gasteiger partial charge on any atom is 0.231 e. The zero-order chi connectivity index (χ0) is 17.5. The largest absolute Gasteiger partial charge is 0.481 e. The average molecular weight is 358 g/mol. The Morgan fingerprint density at radius 2 is 1.92 bits per heavy atom. The monoisotopic (exact) mass is 357 g/mol. The summed E-state index contributed by atoms with van der Waals surface area (Å²) in [6.07, 6.45) is 0.298. The van der Waals surface area contributed by atoms with Crippen molar-refractivity contribution in [3.63, 3.8) is 0 Å². The van der Waals surface area contributed by atoms with Gasteiger partial charge in [0.05, 0.1) is 13.0 Å². The van der Waals surface area contributed by atoms with Crippen molar-refractivity contribution < 1.29 is 19.0 Å². The van der Waals surface area contributed by atoms with Crippen LogP contribution in [0.25, 0.3) is 0 Å². The summed E-state index contributed by atoms with van der Waals surface area (Å²) in [5.41, 5.74) is 0.904. The molecule has 0 saturated carbocycles. The number of nitrogens with one attached hydrogen (secondary N) is 1. The molecule has 0 spiro atoms. The molecule has 1 amide bonds. The molecule has 1 heterocycles. The minimum Gasteiger partial charge on any atom is -0.481 e. The third-order valence-corrected chi connectivity index (χ3v) is 3.68. The fourth-order valence-electron chi connectivity index (χ4n) is 2.19. The van der Waals surface area contributed by atoms with Crippen LogP contribution in [0.15, 0.2) is 42.5 Å². The van der Waals surface area contributed by atoms with Crippen molar-refractivity contribution in [2.75, 3.05) is 19.9 Å². The molecule has 5 nitrogen and oxygen atoms in total. The van der Waals surface area contributed by atoms with Gasteiger partial charge < -0.3 is 19.5 Å². The Morgan fingerprint density at radius 3 is 2.76 bits per heavy atom. The van der Waals surface area contributed by atoms with Crippen LogP contribution >= 0.6 is 11.6 Å². The van der Waals surface area contributed by atoms with E-state index in [0.717, 1.165) is 5.56 Å². The summed E-state index contributed by atoms with van der Waals surface area (Å²) in [6, 6.07) is 12.5. The Morgan fingerprint density at radius 1 is 1.12 bits per heavy atom. The van der Waals surface area contributed by atoms with Gasteiger partial charge in [-0.25, -0.2) is 0 Å². The van der Waals surface area contributed by atoms with Crippen LogP contribution in [0.2, 0.25) is 5.02 Å². The van der Waals surface area contributed by atoms with Crippen LogP contribution in [0.4, 0.5) is 0 Å². The van der Waals surface area contributed by atoms with Gasteiger partial charge in [-0.3, -0.25) is 4.79 Å². The molecule has 3 rings (SSSR count). The first-order valence-electron chi connectivity index (χ1n) is 7.70. The molecule has 2 aromatic carbocycles. The third kappa shape index (κ3) is 5.07. The molecule has 0 fully saturated rings. The molecule has 0 aliphatic carbocycles. The van der Waals surface area contributed by atoms with Gasteiger partial charge in [0.1, 0.15) is 12.4 Å². The highest BCUT2D eigenvalue weighted by atomic mass is 35.5. The zero-order valence-electron chi connectivity index (χ0n) is 13.4. The Balaban J connectivity index is 1.36. The lowest BCUT2D eigenvalue weighted by molar-refractivity contribution is -0.120. The minimum atomic E-state index is -0.0895. The van der Waals surface area contributed by atoms with E-state index in [4.69, 9.17) is 25.8 Å². The number of hydrogen-bond acceptors (Lipinski definition) is 4. The highest BCUT2D eigenvalue weighted by Crippen LogP contribution is 2.34. The van der Waals surface area contributed by atoms with E-state index in [9.17, 15) is 4.79 Å². The van der Waals surface area contributed by atoms with Gasteiger partial charge in [0.15, 0.2) is 11.5 Å². The van der Waals surface area contributed by atoms with Gasteiger partial charge in [-0.05, 0) is 29.8 Å². The molecule has 25 heavy (non-hydrogen) atoms. The molecule has 0 aromatic heterocycles. The van der Waals surface area contributed by atoms with Crippen LogP contribution in [0, 0.1) is 11.8 Å². The lowest BCUT2D eigenvalue weighted by atomic mass is 10.1. The number of benzene rings is 2. The standard InChI is InChI=1S/C19H16ClNO4/c20-15-5-3-14(4-6-15)11-19(22)21-9-1-2-10-23-16-7-8-17-18(12-16)25-13-24-17/h3-8,12H,9-11,13H2,(H,21,22). The fourth-order valence-corrected chi connectivity index (χ4v) is 2.32. The van der Waals surface area contributed by atoms with E-state index in [1.54, 1.807) is 30.3 Å². The van der Waals surface area contributed by atoms with Crippen LogP contribution in [-0.4, -0.2) is 25.9 Å². The number of ether oxygens (including phenoxy) is 3. The maximum absolute atomic E-state index is 11.8. The predicted molar refractivity (Wildman–Crippen MR) is 94.0 cm³/mol. The fraction of sp³-hybridized carbons (Fsp3) is 0.211. The number of carbonyl (C=O) groups excluding carboxylic acids is 1. The summed E-state index contributed by atoms with van der Waals surface area (Å²) in [7, 11) is 0. The van der Waals surface area contributed by atoms with Gasteiger partial charge in [0.2, 0.25) is 12.7 Å². The smallest absolute Gasteiger partial charge is 0.231 e. The Bertz CT molecular complexity index is 808. The van der Waals surface area contributed by atoms with Crippen molar-refractivity contribution in [3.8, 4) is 29.1 Å². The Hall–Kier alpha value is -2.84. The van der Waals surface area contributed by atoms with Crippen LogP contribution in [0.3, 0.4) is 0 Å². The van der Waals surface area contributed by atoms with E-state index in [2.05, 4.69) is 17.2 Å². The molecule has 1 aliphatic heterocycles. The number of carbonyl (C=O) groups is 1. The number of amides is 1. The summed E-state index contributed by atoms with van der Waals surface area (Å²) < 4.78 is 16.0. The Kier molecular flexibility index (Phi) is 5.65. The summed E-state index contributed by atoms with van der Waals surface area (Å²) in [5, 5.41) is 3.39. The first kappa shape index (κ1) is 17.0. The van der Waals surface area contributed by atoms with Gasteiger partial charge in [-0.15, -0.1) is 0 Å². The van der Waals surface area contributed by atoms with E-state index in [1.807, 2.05) is 12.1 Å². The van der Waals surface area contributed by atoms with Crippen molar-refractivity contribution in [2.24, 2.45) is 0 Å². The molecule has 0 atom stereocenters. The maximum atomic E-state index is 11.8. The van der Waals surface area contributed by atoms with Crippen molar-refractivity contribution in [1.82, 2.24) is 5.32 Å². The SMILES string of the molecule is O=C(Cc1ccc(Cl)cc1)NCC#CCOc1ccc2c(c1)OCO2. The van der Waals surface area contributed by atoms with Crippen LogP contribution in [0.1, 0.15) is 5.56 Å². The molecule has 0 unspecified atom stereocenters. The highest BCUT2D eigenvalue weighted by molar-refractivity contribution is 6.30. The molecule has 1 aliphatic rings. The van der Waals surface area contributed by atoms with Gasteiger partial charge in [0.25, 0.3) is 0 Å². The van der Waals surface area contributed by atoms with Crippen molar-refractivity contribution in [3.05, 3.63) is 53.1 Å². The summed E-state index contributed by atoms with van der Waals surface area (Å²) in [5.74, 6) is 7.65. The van der Waals surface area contributed by atoms with E-state index < -0.39 is 0 Å². The third-order valence-electron chi connectivity index (χ3n) is 3.43. The van der Waals surface area contributed by atoms with Gasteiger partial charge in [0, 0.05) is 11.1 Å². The summed E-state index contributed by atoms with van der Waals surface area (Å²) in [4.78, 5) is 11.8. The predicted octanol–water partition coefficient (Wildman–Crippen LogP) is 2.81. The van der Waals surface area contributed by atoms with Crippen LogP contribution in [-0.2, 0) is 11.2 Å². The van der Waals surface area contributed by atoms with Crippen molar-refractivity contribution >= 4 is 17.5 Å². The highest BCUT2D eigenvalue weighted by Gasteiger charge is 2.13. The molecule has 0 bridgehead atoms. The first-order chi connectivity index (χ1) is 12.2. The second-order valence-electron chi connectivity index (χ2n) is 5.24. The van der Waals surface area contributed by atoms with E-state index in [-0.39, 0.29) is 25.9 Å². The molecule has 0 radical (unpaired) electrons. The molecule has 2 aromatic rings. The van der Waals surface area contributed by atoms with E-state index in [0.29, 0.717) is 28.7 Å². The lowest BCUT2D eigenvalue weighted by Gasteiger charge is -2.03. The quantitative estimate of drug-likeness (QED) is 0.836. The minimum absolute atomic E-state index is 0.0895. The molecule has 1 N–H and O–H groups in total. The number of halogens is 1. The second kappa shape index (κ2) is 8.32. The van der Waals surface area contributed by atoms with Crippen molar-refractivity contribution in [2.45, 2.75) is 6.42 Å². The molecular formula is C19H16ClNO4. The molecule has 6 heteroatoms. The van der Waals surface area contributed by atoms with Gasteiger partial charge in [-0.2, -0.15) is 0 Å². The van der Waals surface area contributed by atoms with Gasteiger partial charge in [-0.1, -0.05) is 35.6 Å². The average Bonchev–Trinajstić information content (AvgIpc) is 3.08. The number of fused-ring (bicyclic) bond motifs is 1. The topological polar surface area (TPSA) is 56.8 Å². The zero-order valence-corrected chi connectivity index (χ0v) is 14.1. The normalized spacial score (nSPS) is 11.4. The first-order valence-corrected chi connectivity index (χ1v) is 8.08. The number of rotatable bonds is 5. The van der Waals surface area contributed by atoms with Crippen LogP contribution in [0.5, 0.6) is 17.2 Å². The molecule has 0 saturated heterocycles. The van der Waals surface area contributed by atoms with Crippen LogP contribution < -0.4 is 19.5 Å². The van der Waals surface area contributed by atoms with Gasteiger partial charge >= 0.3 is 0 Å². The number of hydrogen-bond donors (Lipinski definition) is 1. The van der Waals surface area contributed by atoms with Crippen molar-refractivity contribution in [1.29, 1.82) is 0 Å². The molecular weight excluding hydrogens is 342 g/mol. The summed E-state index contributed by atoms with van der Waals surface area (Å²) >= 11 is 5.81. The lowest BCUT2D eigenvalue weighted by Crippen LogP contribution is -2.25. The second-order valence-corrected chi connectivity index (χ2v) is 5.67. The van der Waals surface area contributed by atoms with E-state index in [1.165, 1.54) is 0 Å². The van der Waals surface area contributed by atoms with E-state index >= 15 is 0 Å². The summed E-state index contributed by atoms with van der Waals surface area (Å²) in [6.45, 7) is 0.734.